The van der Waals surface area contributed by atoms with Gasteiger partial charge in [0.05, 0.1) is 0 Å². The molecule has 5 nitrogen and oxygen atoms in total. The average Bonchev–Trinajstić information content (AvgIpc) is 3.44. The maximum Gasteiger partial charge on any atom is 0.194 e. The third kappa shape index (κ3) is 5.96. The van der Waals surface area contributed by atoms with Gasteiger partial charge in [0.25, 0.3) is 0 Å². The van der Waals surface area contributed by atoms with Gasteiger partial charge in [-0.25, -0.2) is 0 Å². The minimum Gasteiger partial charge on any atom is -0.364 e. The van der Waals surface area contributed by atoms with Crippen molar-refractivity contribution in [3.05, 3.63) is 64.4 Å². The smallest absolute Gasteiger partial charge is 0.194 e. The molecule has 0 amide bonds. The lowest BCUT2D eigenvalue weighted by atomic mass is 10.2. The number of nitrogens with one attached hydrogen (secondary N) is 1. The van der Waals surface area contributed by atoms with Crippen LogP contribution in [-0.2, 0) is 13.1 Å². The van der Waals surface area contributed by atoms with Crippen LogP contribution in [0, 0.1) is 0 Å². The molecule has 2 aromatic rings. The van der Waals surface area contributed by atoms with Crippen molar-refractivity contribution in [3.8, 4) is 0 Å². The van der Waals surface area contributed by atoms with Crippen LogP contribution < -0.4 is 10.2 Å². The van der Waals surface area contributed by atoms with Crippen molar-refractivity contribution >= 4 is 47.0 Å². The summed E-state index contributed by atoms with van der Waals surface area (Å²) in [6, 6.07) is 13.2. The Kier molecular flexibility index (Phi) is 8.38. The Labute approximate surface area is 195 Å². The summed E-state index contributed by atoms with van der Waals surface area (Å²) in [7, 11) is 1.88. The van der Waals surface area contributed by atoms with E-state index in [2.05, 4.69) is 78.9 Å². The summed E-state index contributed by atoms with van der Waals surface area (Å²) in [5.41, 5.74) is 2.59. The fraction of sp³-hybridized carbons (Fsp3) is 0.409. The number of piperazine rings is 1. The lowest BCUT2D eigenvalue weighted by Gasteiger charge is -2.36. The molecule has 1 N–H and O–H groups in total. The third-order valence-corrected chi connectivity index (χ3v) is 6.25. The summed E-state index contributed by atoms with van der Waals surface area (Å²) in [4.78, 5) is 13.3. The number of benzene rings is 1. The Morgan fingerprint density at radius 2 is 1.86 bits per heavy atom. The first kappa shape index (κ1) is 22.1. The third-order valence-electron chi connectivity index (χ3n) is 5.39. The molecule has 0 atom stereocenters. The number of nitrogens with zero attached hydrogens (tertiary/aromatic N) is 4. The zero-order chi connectivity index (χ0) is 19.2. The molecular formula is C22H30IN5S. The predicted molar refractivity (Wildman–Crippen MR) is 135 cm³/mol. The number of thiophene rings is 1. The van der Waals surface area contributed by atoms with Gasteiger partial charge in [0.1, 0.15) is 0 Å². The van der Waals surface area contributed by atoms with E-state index in [1.165, 1.54) is 16.1 Å². The highest BCUT2D eigenvalue weighted by Gasteiger charge is 2.19. The van der Waals surface area contributed by atoms with E-state index in [0.29, 0.717) is 0 Å². The summed E-state index contributed by atoms with van der Waals surface area (Å²) >= 11 is 1.85. The van der Waals surface area contributed by atoms with Gasteiger partial charge in [0, 0.05) is 70.0 Å². The average molecular weight is 523 g/mol. The van der Waals surface area contributed by atoms with E-state index < -0.39 is 0 Å². The van der Waals surface area contributed by atoms with Gasteiger partial charge in [-0.2, -0.15) is 0 Å². The van der Waals surface area contributed by atoms with Gasteiger partial charge in [-0.3, -0.25) is 9.89 Å². The topological polar surface area (TPSA) is 34.1 Å². The number of aliphatic imine (C=N–C) groups is 1. The van der Waals surface area contributed by atoms with Crippen molar-refractivity contribution in [2.45, 2.75) is 13.1 Å². The van der Waals surface area contributed by atoms with Crippen LogP contribution >= 0.6 is 35.3 Å². The molecule has 4 rings (SSSR count). The maximum absolute atomic E-state index is 4.52. The van der Waals surface area contributed by atoms with Crippen molar-refractivity contribution in [1.82, 2.24) is 15.1 Å². The Morgan fingerprint density at radius 1 is 1.07 bits per heavy atom. The highest BCUT2D eigenvalue weighted by atomic mass is 127. The molecule has 2 aliphatic heterocycles. The fourth-order valence-electron chi connectivity index (χ4n) is 3.81. The van der Waals surface area contributed by atoms with Gasteiger partial charge in [-0.15, -0.1) is 35.3 Å². The van der Waals surface area contributed by atoms with Crippen LogP contribution in [0.2, 0.25) is 0 Å². The van der Waals surface area contributed by atoms with Crippen LogP contribution in [0.3, 0.4) is 0 Å². The predicted octanol–water partition coefficient (Wildman–Crippen LogP) is 3.64. The number of halogens is 1. The molecule has 156 valence electrons. The summed E-state index contributed by atoms with van der Waals surface area (Å²) in [5, 5.41) is 5.72. The molecule has 0 bridgehead atoms. The molecule has 2 aliphatic rings. The minimum absolute atomic E-state index is 0. The van der Waals surface area contributed by atoms with Crippen LogP contribution in [0.1, 0.15) is 10.4 Å². The summed E-state index contributed by atoms with van der Waals surface area (Å²) in [5.74, 6) is 1.00. The lowest BCUT2D eigenvalue weighted by Crippen LogP contribution is -2.51. The normalized spacial score (nSPS) is 17.5. The molecule has 1 fully saturated rings. The first-order valence-electron chi connectivity index (χ1n) is 10.0. The van der Waals surface area contributed by atoms with Gasteiger partial charge >= 0.3 is 0 Å². The number of hydrogen-bond donors (Lipinski definition) is 1. The van der Waals surface area contributed by atoms with Gasteiger partial charge in [0.15, 0.2) is 5.96 Å². The molecule has 0 aliphatic carbocycles. The molecule has 1 aromatic heterocycles. The van der Waals surface area contributed by atoms with Crippen molar-refractivity contribution in [2.75, 3.05) is 51.2 Å². The van der Waals surface area contributed by atoms with Crippen LogP contribution in [0.4, 0.5) is 5.69 Å². The first-order chi connectivity index (χ1) is 13.8. The minimum atomic E-state index is 0. The molecule has 1 aromatic carbocycles. The van der Waals surface area contributed by atoms with E-state index in [9.17, 15) is 0 Å². The molecule has 0 spiro atoms. The molecule has 0 radical (unpaired) electrons. The largest absolute Gasteiger partial charge is 0.364 e. The Balaban J connectivity index is 0.00000240. The van der Waals surface area contributed by atoms with Crippen LogP contribution in [-0.4, -0.2) is 62.1 Å². The number of hydrogen-bond acceptors (Lipinski definition) is 4. The van der Waals surface area contributed by atoms with Crippen molar-refractivity contribution < 1.29 is 0 Å². The molecule has 29 heavy (non-hydrogen) atoms. The van der Waals surface area contributed by atoms with Crippen LogP contribution in [0.25, 0.3) is 0 Å². The Morgan fingerprint density at radius 3 is 2.55 bits per heavy atom. The standard InChI is InChI=1S/C22H29N5S.HI/c1-23-22(27-13-11-25(12-14-27)18-21-8-5-15-28-21)24-17-19-6-4-7-20(16-19)26-9-2-3-10-26;/h2-8,15-16H,9-14,17-18H2,1H3,(H,23,24);1H. The highest BCUT2D eigenvalue weighted by Crippen LogP contribution is 2.18. The van der Waals surface area contributed by atoms with Crippen molar-refractivity contribution in [3.63, 3.8) is 0 Å². The van der Waals surface area contributed by atoms with Crippen molar-refractivity contribution in [1.29, 1.82) is 0 Å². The maximum atomic E-state index is 4.52. The molecule has 0 saturated carbocycles. The SMILES string of the molecule is CN=C(NCc1cccc(N2CC=CC2)c1)N1CCN(Cc2cccs2)CC1.I. The van der Waals surface area contributed by atoms with Gasteiger partial charge in [-0.1, -0.05) is 30.4 Å². The molecule has 7 heteroatoms. The van der Waals surface area contributed by atoms with Crippen LogP contribution in [0.5, 0.6) is 0 Å². The second-order valence-electron chi connectivity index (χ2n) is 7.29. The van der Waals surface area contributed by atoms with E-state index in [-0.39, 0.29) is 24.0 Å². The zero-order valence-electron chi connectivity index (χ0n) is 17.0. The Hall–Kier alpha value is -1.58. The zero-order valence-corrected chi connectivity index (χ0v) is 20.1. The molecule has 0 unspecified atom stereocenters. The quantitative estimate of drug-likeness (QED) is 0.281. The molecular weight excluding hydrogens is 493 g/mol. The van der Waals surface area contributed by atoms with Gasteiger partial charge in [-0.05, 0) is 29.1 Å². The van der Waals surface area contributed by atoms with E-state index >= 15 is 0 Å². The molecule has 1 saturated heterocycles. The lowest BCUT2D eigenvalue weighted by molar-refractivity contribution is 0.173. The van der Waals surface area contributed by atoms with E-state index in [1.807, 2.05) is 18.4 Å². The number of anilines is 1. The van der Waals surface area contributed by atoms with E-state index in [0.717, 1.165) is 58.3 Å². The number of rotatable bonds is 5. The van der Waals surface area contributed by atoms with Gasteiger partial charge in [0.2, 0.25) is 0 Å². The first-order valence-corrected chi connectivity index (χ1v) is 10.9. The highest BCUT2D eigenvalue weighted by molar-refractivity contribution is 14.0. The Bertz CT molecular complexity index is 804. The second-order valence-corrected chi connectivity index (χ2v) is 8.32. The molecule has 3 heterocycles. The van der Waals surface area contributed by atoms with Crippen LogP contribution in [0.15, 0.2) is 58.9 Å². The monoisotopic (exact) mass is 523 g/mol. The summed E-state index contributed by atoms with van der Waals surface area (Å²) in [6.07, 6.45) is 4.45. The summed E-state index contributed by atoms with van der Waals surface area (Å²) in [6.45, 7) is 8.08. The number of guanidine groups is 1. The van der Waals surface area contributed by atoms with Crippen molar-refractivity contribution in [2.24, 2.45) is 4.99 Å². The van der Waals surface area contributed by atoms with E-state index in [1.54, 1.807) is 0 Å². The summed E-state index contributed by atoms with van der Waals surface area (Å²) < 4.78 is 0. The second kappa shape index (κ2) is 11.0. The van der Waals surface area contributed by atoms with E-state index in [4.69, 9.17) is 0 Å². The van der Waals surface area contributed by atoms with Gasteiger partial charge < -0.3 is 15.1 Å². The fourth-order valence-corrected chi connectivity index (χ4v) is 4.55.